The Morgan fingerprint density at radius 2 is 1.83 bits per heavy atom. The molecule has 0 aliphatic carbocycles. The number of guanidine groups is 1. The standard InChI is InChI=1S/C20H24N6O2.HI/c1-21-20(24-13-12-22-19(27)18-4-2-15-28-18)23-11-9-16-5-7-17(8-6-16)26-14-3-10-25-26;/h2-8,10,14-15H,9,11-13H2,1H3,(H,22,27)(H2,21,23,24);1H. The number of hydrogen-bond acceptors (Lipinski definition) is 4. The van der Waals surface area contributed by atoms with Crippen molar-refractivity contribution in [2.45, 2.75) is 6.42 Å². The molecule has 0 radical (unpaired) electrons. The van der Waals surface area contributed by atoms with Crippen LogP contribution in [0.1, 0.15) is 16.1 Å². The van der Waals surface area contributed by atoms with E-state index in [0.717, 1.165) is 18.7 Å². The molecule has 0 unspecified atom stereocenters. The molecular weight excluding hydrogens is 483 g/mol. The van der Waals surface area contributed by atoms with E-state index >= 15 is 0 Å². The van der Waals surface area contributed by atoms with Crippen LogP contribution in [0.2, 0.25) is 0 Å². The van der Waals surface area contributed by atoms with E-state index in [1.807, 2.05) is 16.9 Å². The normalized spacial score (nSPS) is 10.9. The van der Waals surface area contributed by atoms with E-state index in [4.69, 9.17) is 4.42 Å². The molecule has 3 aromatic rings. The van der Waals surface area contributed by atoms with Crippen molar-refractivity contribution >= 4 is 35.8 Å². The number of nitrogens with one attached hydrogen (secondary N) is 3. The molecule has 3 rings (SSSR count). The van der Waals surface area contributed by atoms with Gasteiger partial charge in [0.15, 0.2) is 11.7 Å². The topological polar surface area (TPSA) is 96.5 Å². The van der Waals surface area contributed by atoms with Crippen LogP contribution in [0.25, 0.3) is 5.69 Å². The van der Waals surface area contributed by atoms with E-state index in [1.165, 1.54) is 11.8 Å². The third kappa shape index (κ3) is 6.93. The number of carbonyl (C=O) groups excluding carboxylic acids is 1. The Hall–Kier alpha value is -2.82. The lowest BCUT2D eigenvalue weighted by atomic mass is 10.1. The molecule has 1 amide bonds. The van der Waals surface area contributed by atoms with Crippen LogP contribution in [0.5, 0.6) is 0 Å². The highest BCUT2D eigenvalue weighted by molar-refractivity contribution is 14.0. The molecular formula is C20H25IN6O2. The molecule has 0 atom stereocenters. The minimum absolute atomic E-state index is 0. The predicted molar refractivity (Wildman–Crippen MR) is 123 cm³/mol. The fourth-order valence-electron chi connectivity index (χ4n) is 2.63. The summed E-state index contributed by atoms with van der Waals surface area (Å²) in [5.74, 6) is 0.773. The van der Waals surface area contributed by atoms with Crippen molar-refractivity contribution in [2.75, 3.05) is 26.7 Å². The molecule has 2 aromatic heterocycles. The number of rotatable bonds is 8. The van der Waals surface area contributed by atoms with Crippen molar-refractivity contribution in [2.24, 2.45) is 4.99 Å². The van der Waals surface area contributed by atoms with Crippen LogP contribution in [0.15, 0.2) is 70.5 Å². The lowest BCUT2D eigenvalue weighted by Crippen LogP contribution is -2.42. The van der Waals surface area contributed by atoms with Gasteiger partial charge in [-0.15, -0.1) is 24.0 Å². The molecule has 154 valence electrons. The first-order valence-corrected chi connectivity index (χ1v) is 9.11. The third-order valence-corrected chi connectivity index (χ3v) is 4.08. The molecule has 0 aliphatic heterocycles. The van der Waals surface area contributed by atoms with Crippen LogP contribution < -0.4 is 16.0 Å². The first kappa shape index (κ1) is 22.5. The average molecular weight is 508 g/mol. The second kappa shape index (κ2) is 11.9. The summed E-state index contributed by atoms with van der Waals surface area (Å²) in [7, 11) is 1.72. The number of carbonyl (C=O) groups is 1. The van der Waals surface area contributed by atoms with Crippen molar-refractivity contribution in [1.82, 2.24) is 25.7 Å². The van der Waals surface area contributed by atoms with E-state index in [2.05, 4.69) is 50.3 Å². The van der Waals surface area contributed by atoms with E-state index in [1.54, 1.807) is 25.4 Å². The highest BCUT2D eigenvalue weighted by Crippen LogP contribution is 2.08. The van der Waals surface area contributed by atoms with E-state index in [0.29, 0.717) is 24.8 Å². The SMILES string of the molecule is CN=C(NCCNC(=O)c1ccco1)NCCc1ccc(-n2cccn2)cc1.I. The van der Waals surface area contributed by atoms with Gasteiger partial charge in [-0.05, 0) is 42.3 Å². The van der Waals surface area contributed by atoms with Crippen LogP contribution >= 0.6 is 24.0 Å². The van der Waals surface area contributed by atoms with Gasteiger partial charge >= 0.3 is 0 Å². The molecule has 1 aromatic carbocycles. The van der Waals surface area contributed by atoms with E-state index in [9.17, 15) is 4.79 Å². The Bertz CT molecular complexity index is 876. The Balaban J connectivity index is 0.00000300. The average Bonchev–Trinajstić information content (AvgIpc) is 3.44. The number of nitrogens with zero attached hydrogens (tertiary/aromatic N) is 3. The van der Waals surface area contributed by atoms with Gasteiger partial charge in [-0.1, -0.05) is 12.1 Å². The maximum atomic E-state index is 11.8. The molecule has 0 aliphatic rings. The largest absolute Gasteiger partial charge is 0.459 e. The number of aliphatic imine (C=N–C) groups is 1. The first-order chi connectivity index (χ1) is 13.8. The molecule has 29 heavy (non-hydrogen) atoms. The molecule has 0 fully saturated rings. The van der Waals surface area contributed by atoms with Gasteiger partial charge in [0.2, 0.25) is 0 Å². The molecule has 0 spiro atoms. The molecule has 3 N–H and O–H groups in total. The van der Waals surface area contributed by atoms with Gasteiger partial charge in [-0.2, -0.15) is 5.10 Å². The minimum Gasteiger partial charge on any atom is -0.459 e. The smallest absolute Gasteiger partial charge is 0.287 e. The van der Waals surface area contributed by atoms with Crippen molar-refractivity contribution in [3.8, 4) is 5.69 Å². The summed E-state index contributed by atoms with van der Waals surface area (Å²) in [6.07, 6.45) is 6.03. The Morgan fingerprint density at radius 3 is 2.48 bits per heavy atom. The molecule has 0 saturated heterocycles. The predicted octanol–water partition coefficient (Wildman–Crippen LogP) is 2.22. The van der Waals surface area contributed by atoms with Crippen molar-refractivity contribution in [1.29, 1.82) is 0 Å². The summed E-state index contributed by atoms with van der Waals surface area (Å²) >= 11 is 0. The van der Waals surface area contributed by atoms with Crippen molar-refractivity contribution < 1.29 is 9.21 Å². The summed E-state index contributed by atoms with van der Waals surface area (Å²) in [5, 5.41) is 13.4. The monoisotopic (exact) mass is 508 g/mol. The summed E-state index contributed by atoms with van der Waals surface area (Å²) in [6.45, 7) is 1.78. The number of furan rings is 1. The van der Waals surface area contributed by atoms with Crippen molar-refractivity contribution in [3.63, 3.8) is 0 Å². The minimum atomic E-state index is -0.228. The van der Waals surface area contributed by atoms with Crippen LogP contribution in [0, 0.1) is 0 Å². The second-order valence-corrected chi connectivity index (χ2v) is 6.03. The summed E-state index contributed by atoms with van der Waals surface area (Å²) < 4.78 is 6.88. The number of aromatic nitrogens is 2. The Labute approximate surface area is 186 Å². The van der Waals surface area contributed by atoms with E-state index < -0.39 is 0 Å². The molecule has 2 heterocycles. The van der Waals surface area contributed by atoms with Gasteiger partial charge in [0.05, 0.1) is 12.0 Å². The number of hydrogen-bond donors (Lipinski definition) is 3. The fraction of sp³-hybridized carbons (Fsp3) is 0.250. The maximum Gasteiger partial charge on any atom is 0.287 e. The van der Waals surface area contributed by atoms with Crippen LogP contribution in [-0.4, -0.2) is 48.3 Å². The highest BCUT2D eigenvalue weighted by Gasteiger charge is 2.06. The number of benzene rings is 1. The number of amides is 1. The van der Waals surface area contributed by atoms with Crippen LogP contribution in [0.4, 0.5) is 0 Å². The lowest BCUT2D eigenvalue weighted by molar-refractivity contribution is 0.0926. The highest BCUT2D eigenvalue weighted by atomic mass is 127. The zero-order chi connectivity index (χ0) is 19.6. The van der Waals surface area contributed by atoms with E-state index in [-0.39, 0.29) is 29.9 Å². The maximum absolute atomic E-state index is 11.8. The lowest BCUT2D eigenvalue weighted by Gasteiger charge is -2.12. The zero-order valence-electron chi connectivity index (χ0n) is 16.2. The van der Waals surface area contributed by atoms with Gasteiger partial charge in [0.1, 0.15) is 0 Å². The summed E-state index contributed by atoms with van der Waals surface area (Å²) in [5.41, 5.74) is 2.26. The fourth-order valence-corrected chi connectivity index (χ4v) is 2.63. The zero-order valence-corrected chi connectivity index (χ0v) is 18.5. The second-order valence-electron chi connectivity index (χ2n) is 6.03. The summed E-state index contributed by atoms with van der Waals surface area (Å²) in [6, 6.07) is 13.5. The molecule has 0 bridgehead atoms. The number of halogens is 1. The molecule has 9 heteroatoms. The van der Waals surface area contributed by atoms with Gasteiger partial charge < -0.3 is 20.4 Å². The van der Waals surface area contributed by atoms with Crippen LogP contribution in [-0.2, 0) is 6.42 Å². The van der Waals surface area contributed by atoms with Gasteiger partial charge in [-0.25, -0.2) is 4.68 Å². The molecule has 8 nitrogen and oxygen atoms in total. The Morgan fingerprint density at radius 1 is 1.07 bits per heavy atom. The first-order valence-electron chi connectivity index (χ1n) is 9.11. The van der Waals surface area contributed by atoms with Gasteiger partial charge in [0.25, 0.3) is 5.91 Å². The van der Waals surface area contributed by atoms with Crippen molar-refractivity contribution in [3.05, 3.63) is 72.4 Å². The quantitative estimate of drug-likeness (QED) is 0.188. The third-order valence-electron chi connectivity index (χ3n) is 4.08. The summed E-state index contributed by atoms with van der Waals surface area (Å²) in [4.78, 5) is 15.9. The Kier molecular flexibility index (Phi) is 9.22. The van der Waals surface area contributed by atoms with Gasteiger partial charge in [-0.3, -0.25) is 9.79 Å². The van der Waals surface area contributed by atoms with Crippen LogP contribution in [0.3, 0.4) is 0 Å². The molecule has 0 saturated carbocycles. The van der Waals surface area contributed by atoms with Gasteiger partial charge in [0, 0.05) is 39.1 Å².